The van der Waals surface area contributed by atoms with E-state index < -0.39 is 0 Å². The zero-order chi connectivity index (χ0) is 19.9. The number of hydrogen-bond donors (Lipinski definition) is 1. The van der Waals surface area contributed by atoms with Crippen LogP contribution in [0.5, 0.6) is 0 Å². The van der Waals surface area contributed by atoms with Gasteiger partial charge in [0, 0.05) is 5.92 Å². The molecule has 6 heteroatoms. The summed E-state index contributed by atoms with van der Waals surface area (Å²) >= 11 is 0. The fraction of sp³-hybridized carbons (Fsp3) is 0.545. The summed E-state index contributed by atoms with van der Waals surface area (Å²) in [6.45, 7) is 8.21. The van der Waals surface area contributed by atoms with E-state index in [9.17, 15) is 4.79 Å². The summed E-state index contributed by atoms with van der Waals surface area (Å²) in [6.07, 6.45) is 5.49. The summed E-state index contributed by atoms with van der Waals surface area (Å²) in [5, 5.41) is 4.00. The molecule has 1 N–H and O–H groups in total. The Morgan fingerprint density at radius 2 is 1.71 bits per heavy atom. The van der Waals surface area contributed by atoms with Crippen molar-refractivity contribution in [2.24, 2.45) is 5.92 Å². The van der Waals surface area contributed by atoms with E-state index in [2.05, 4.69) is 44.1 Å². The molecular formula is C22H29BN2O3. The van der Waals surface area contributed by atoms with Gasteiger partial charge < -0.3 is 14.6 Å². The monoisotopic (exact) mass is 380 g/mol. The maximum atomic E-state index is 12.5. The second-order valence-electron chi connectivity index (χ2n) is 9.06. The number of nitrogens with zero attached hydrogens (tertiary/aromatic N) is 1. The Balaban J connectivity index is 1.51. The Kier molecular flexibility index (Phi) is 4.96. The number of rotatable bonds is 3. The minimum Gasteiger partial charge on any atom is -0.399 e. The summed E-state index contributed by atoms with van der Waals surface area (Å²) in [4.78, 5) is 17.1. The maximum absolute atomic E-state index is 12.5. The number of benzene rings is 1. The molecular weight excluding hydrogens is 351 g/mol. The van der Waals surface area contributed by atoms with Crippen LogP contribution in [0.4, 0.5) is 5.82 Å². The predicted molar refractivity (Wildman–Crippen MR) is 113 cm³/mol. The molecule has 0 atom stereocenters. The average molecular weight is 380 g/mol. The molecule has 1 aromatic carbocycles. The van der Waals surface area contributed by atoms with Crippen molar-refractivity contribution >= 4 is 35.2 Å². The van der Waals surface area contributed by atoms with Crippen molar-refractivity contribution in [3.63, 3.8) is 0 Å². The van der Waals surface area contributed by atoms with Gasteiger partial charge in [0.2, 0.25) is 5.91 Å². The van der Waals surface area contributed by atoms with Gasteiger partial charge in [0.05, 0.1) is 16.7 Å². The van der Waals surface area contributed by atoms with Crippen LogP contribution in [0.25, 0.3) is 10.9 Å². The van der Waals surface area contributed by atoms with E-state index >= 15 is 0 Å². The van der Waals surface area contributed by atoms with Crippen molar-refractivity contribution in [2.75, 3.05) is 5.32 Å². The number of amides is 1. The van der Waals surface area contributed by atoms with Crippen molar-refractivity contribution in [3.8, 4) is 0 Å². The number of fused-ring (bicyclic) bond motifs is 1. The van der Waals surface area contributed by atoms with E-state index in [1.807, 2.05) is 24.3 Å². The molecule has 2 aliphatic rings. The number of aromatic nitrogens is 1. The Hall–Kier alpha value is -1.92. The summed E-state index contributed by atoms with van der Waals surface area (Å²) < 4.78 is 12.3. The third kappa shape index (κ3) is 3.68. The first-order valence-corrected chi connectivity index (χ1v) is 10.3. The first-order valence-electron chi connectivity index (χ1n) is 10.3. The molecule has 2 fully saturated rings. The van der Waals surface area contributed by atoms with Gasteiger partial charge in [-0.25, -0.2) is 4.98 Å². The van der Waals surface area contributed by atoms with Crippen molar-refractivity contribution in [2.45, 2.75) is 71.0 Å². The first kappa shape index (κ1) is 19.4. The zero-order valence-electron chi connectivity index (χ0n) is 17.2. The molecule has 0 bridgehead atoms. The zero-order valence-corrected chi connectivity index (χ0v) is 17.2. The quantitative estimate of drug-likeness (QED) is 0.816. The number of carbonyl (C=O) groups excluding carboxylic acids is 1. The third-order valence-corrected chi connectivity index (χ3v) is 6.47. The van der Waals surface area contributed by atoms with Gasteiger partial charge in [0.15, 0.2) is 0 Å². The molecule has 0 spiro atoms. The van der Waals surface area contributed by atoms with E-state index in [0.717, 1.165) is 42.0 Å². The largest absolute Gasteiger partial charge is 0.494 e. The number of hydrogen-bond acceptors (Lipinski definition) is 4. The fourth-order valence-corrected chi connectivity index (χ4v) is 3.93. The molecule has 0 unspecified atom stereocenters. The van der Waals surface area contributed by atoms with Crippen molar-refractivity contribution in [1.82, 2.24) is 4.98 Å². The second kappa shape index (κ2) is 7.16. The average Bonchev–Trinajstić information content (AvgIpc) is 2.89. The number of anilines is 1. The highest BCUT2D eigenvalue weighted by Gasteiger charge is 2.51. The van der Waals surface area contributed by atoms with Crippen LogP contribution in [0.15, 0.2) is 30.3 Å². The lowest BCUT2D eigenvalue weighted by atomic mass is 9.78. The minimum absolute atomic E-state index is 0.0976. The van der Waals surface area contributed by atoms with E-state index in [0.29, 0.717) is 5.82 Å². The lowest BCUT2D eigenvalue weighted by Gasteiger charge is -2.32. The molecule has 148 valence electrons. The van der Waals surface area contributed by atoms with Crippen LogP contribution in [0, 0.1) is 5.92 Å². The van der Waals surface area contributed by atoms with E-state index in [-0.39, 0.29) is 30.1 Å². The first-order chi connectivity index (χ1) is 13.2. The smallest absolute Gasteiger partial charge is 0.399 e. The summed E-state index contributed by atoms with van der Waals surface area (Å²) in [6, 6.07) is 9.87. The highest BCUT2D eigenvalue weighted by Crippen LogP contribution is 2.36. The minimum atomic E-state index is -0.389. The second-order valence-corrected chi connectivity index (χ2v) is 9.06. The van der Waals surface area contributed by atoms with Gasteiger partial charge in [-0.2, -0.15) is 0 Å². The fourth-order valence-electron chi connectivity index (χ4n) is 3.93. The van der Waals surface area contributed by atoms with Crippen LogP contribution in [0.2, 0.25) is 0 Å². The van der Waals surface area contributed by atoms with Gasteiger partial charge in [-0.1, -0.05) is 31.4 Å². The predicted octanol–water partition coefficient (Wildman–Crippen LogP) is 4.05. The van der Waals surface area contributed by atoms with Crippen molar-refractivity contribution < 1.29 is 14.1 Å². The Morgan fingerprint density at radius 3 is 2.39 bits per heavy atom. The van der Waals surface area contributed by atoms with Crippen molar-refractivity contribution in [1.29, 1.82) is 0 Å². The Morgan fingerprint density at radius 1 is 1.04 bits per heavy atom. The Bertz CT molecular complexity index is 874. The standard InChI is InChI=1S/C22H29BN2O3/c1-21(2)22(3,4)28-23(27-21)17-11-12-18-16(14-17)10-13-19(24-18)25-20(26)15-8-6-5-7-9-15/h10-15H,5-9H2,1-4H3,(H,24,25,26). The normalized spacial score (nSPS) is 21.8. The van der Waals surface area contributed by atoms with Crippen LogP contribution in [-0.2, 0) is 14.1 Å². The summed E-state index contributed by atoms with van der Waals surface area (Å²) in [5.74, 6) is 0.837. The number of carbonyl (C=O) groups is 1. The highest BCUT2D eigenvalue weighted by atomic mass is 16.7. The van der Waals surface area contributed by atoms with E-state index in [1.54, 1.807) is 0 Å². The van der Waals surface area contributed by atoms with Crippen molar-refractivity contribution in [3.05, 3.63) is 30.3 Å². The molecule has 2 heterocycles. The van der Waals surface area contributed by atoms with Crippen LogP contribution in [-0.4, -0.2) is 29.2 Å². The molecule has 5 nitrogen and oxygen atoms in total. The SMILES string of the molecule is CC1(C)OB(c2ccc3nc(NC(=O)C4CCCCC4)ccc3c2)OC1(C)C. The Labute approximate surface area is 167 Å². The molecule has 2 aromatic rings. The summed E-state index contributed by atoms with van der Waals surface area (Å²) in [5.41, 5.74) is 1.10. The number of nitrogens with one attached hydrogen (secondary N) is 1. The molecule has 1 saturated heterocycles. The van der Waals surface area contributed by atoms with Crippen LogP contribution < -0.4 is 10.8 Å². The van der Waals surface area contributed by atoms with Crippen LogP contribution >= 0.6 is 0 Å². The topological polar surface area (TPSA) is 60.5 Å². The lowest BCUT2D eigenvalue weighted by molar-refractivity contribution is -0.120. The van der Waals surface area contributed by atoms with E-state index in [1.165, 1.54) is 6.42 Å². The molecule has 1 aromatic heterocycles. The van der Waals surface area contributed by atoms with Gasteiger partial charge in [-0.05, 0) is 69.6 Å². The van der Waals surface area contributed by atoms with Crippen LogP contribution in [0.3, 0.4) is 0 Å². The number of pyridine rings is 1. The summed E-state index contributed by atoms with van der Waals surface area (Å²) in [7, 11) is -0.389. The van der Waals surface area contributed by atoms with Gasteiger partial charge in [0.25, 0.3) is 0 Å². The molecule has 1 amide bonds. The van der Waals surface area contributed by atoms with Crippen LogP contribution in [0.1, 0.15) is 59.8 Å². The van der Waals surface area contributed by atoms with E-state index in [4.69, 9.17) is 9.31 Å². The molecule has 28 heavy (non-hydrogen) atoms. The molecule has 1 saturated carbocycles. The van der Waals surface area contributed by atoms with Gasteiger partial charge >= 0.3 is 7.12 Å². The molecule has 4 rings (SSSR count). The van der Waals surface area contributed by atoms with Gasteiger partial charge in [-0.15, -0.1) is 0 Å². The molecule has 1 aliphatic carbocycles. The van der Waals surface area contributed by atoms with Gasteiger partial charge in [-0.3, -0.25) is 4.79 Å². The van der Waals surface area contributed by atoms with Gasteiger partial charge in [0.1, 0.15) is 5.82 Å². The maximum Gasteiger partial charge on any atom is 0.494 e. The lowest BCUT2D eigenvalue weighted by Crippen LogP contribution is -2.41. The highest BCUT2D eigenvalue weighted by molar-refractivity contribution is 6.62. The third-order valence-electron chi connectivity index (χ3n) is 6.47. The molecule has 0 radical (unpaired) electrons. The molecule has 1 aliphatic heterocycles.